The summed E-state index contributed by atoms with van der Waals surface area (Å²) >= 11 is 0. The highest BCUT2D eigenvalue weighted by molar-refractivity contribution is 7.91. The van der Waals surface area contributed by atoms with Gasteiger partial charge in [-0.2, -0.15) is 0 Å². The molecule has 24 heavy (non-hydrogen) atoms. The number of rotatable bonds is 3. The molecule has 121 valence electrons. The molecule has 0 heterocycles. The van der Waals surface area contributed by atoms with Gasteiger partial charge in [0.2, 0.25) is 9.84 Å². The molecule has 1 radical (unpaired) electrons. The van der Waals surface area contributed by atoms with Crippen molar-refractivity contribution in [2.45, 2.75) is 16.7 Å². The highest BCUT2D eigenvalue weighted by Gasteiger charge is 2.23. The van der Waals surface area contributed by atoms with Gasteiger partial charge in [0.1, 0.15) is 5.82 Å². The molecule has 0 amide bonds. The Labute approximate surface area is 139 Å². The van der Waals surface area contributed by atoms with Crippen molar-refractivity contribution < 1.29 is 17.9 Å². The number of halogens is 1. The summed E-state index contributed by atoms with van der Waals surface area (Å²) in [6.45, 7) is 1.60. The molecular formula is C19H14FO3S. The zero-order chi connectivity index (χ0) is 17.3. The molecule has 0 saturated carbocycles. The monoisotopic (exact) mass is 341 g/mol. The molecule has 3 rings (SSSR count). The molecule has 0 aliphatic heterocycles. The normalized spacial score (nSPS) is 11.4. The Morgan fingerprint density at radius 2 is 1.46 bits per heavy atom. The van der Waals surface area contributed by atoms with Crippen molar-refractivity contribution in [2.24, 2.45) is 0 Å². The van der Waals surface area contributed by atoms with Gasteiger partial charge in [0.25, 0.3) is 0 Å². The van der Waals surface area contributed by atoms with Gasteiger partial charge in [0.15, 0.2) is 5.75 Å². The van der Waals surface area contributed by atoms with E-state index in [1.165, 1.54) is 36.4 Å². The Kier molecular flexibility index (Phi) is 4.11. The Morgan fingerprint density at radius 1 is 0.833 bits per heavy atom. The van der Waals surface area contributed by atoms with Gasteiger partial charge < -0.3 is 0 Å². The van der Waals surface area contributed by atoms with Crippen molar-refractivity contribution in [1.82, 2.24) is 0 Å². The lowest BCUT2D eigenvalue weighted by atomic mass is 10.0. The maximum absolute atomic E-state index is 13.9. The van der Waals surface area contributed by atoms with Crippen LogP contribution in [0.3, 0.4) is 0 Å². The molecule has 0 spiro atoms. The third-order valence-electron chi connectivity index (χ3n) is 3.78. The number of hydrogen-bond donors (Lipinski definition) is 0. The molecule has 5 heteroatoms. The average molecular weight is 341 g/mol. The van der Waals surface area contributed by atoms with Crippen LogP contribution >= 0.6 is 0 Å². The molecule has 3 aromatic carbocycles. The van der Waals surface area contributed by atoms with Gasteiger partial charge in [-0.3, -0.25) is 5.11 Å². The minimum absolute atomic E-state index is 0.0567. The lowest BCUT2D eigenvalue weighted by molar-refractivity contribution is 0.355. The van der Waals surface area contributed by atoms with Crippen LogP contribution in [0.2, 0.25) is 0 Å². The van der Waals surface area contributed by atoms with Gasteiger partial charge in [0.05, 0.1) is 9.79 Å². The first kappa shape index (κ1) is 16.2. The molecule has 0 aliphatic carbocycles. The minimum Gasteiger partial charge on any atom is -0.289 e. The summed E-state index contributed by atoms with van der Waals surface area (Å²) in [6.07, 6.45) is 0. The second kappa shape index (κ2) is 6.09. The summed E-state index contributed by atoms with van der Waals surface area (Å²) in [5.41, 5.74) is 0.712. The highest BCUT2D eigenvalue weighted by atomic mass is 32.2. The maximum atomic E-state index is 13.9. The zero-order valence-electron chi connectivity index (χ0n) is 12.9. The summed E-state index contributed by atoms with van der Waals surface area (Å²) in [5.74, 6) is -1.05. The molecule has 0 saturated heterocycles. The molecule has 0 atom stereocenters. The number of aryl methyl sites for hydroxylation is 1. The van der Waals surface area contributed by atoms with Gasteiger partial charge in [-0.05, 0) is 36.8 Å². The van der Waals surface area contributed by atoms with Crippen LogP contribution in [-0.4, -0.2) is 8.42 Å². The fourth-order valence-corrected chi connectivity index (χ4v) is 4.09. The topological polar surface area (TPSA) is 54.0 Å². The second-order valence-corrected chi connectivity index (χ2v) is 7.33. The van der Waals surface area contributed by atoms with Crippen molar-refractivity contribution in [3.63, 3.8) is 0 Å². The van der Waals surface area contributed by atoms with E-state index < -0.39 is 21.4 Å². The number of sulfone groups is 1. The van der Waals surface area contributed by atoms with Gasteiger partial charge in [0, 0.05) is 17.2 Å². The Hall–Kier alpha value is -2.66. The predicted molar refractivity (Wildman–Crippen MR) is 88.6 cm³/mol. The largest absolute Gasteiger partial charge is 0.289 e. The molecule has 3 nitrogen and oxygen atoms in total. The van der Waals surface area contributed by atoms with Crippen LogP contribution in [0.5, 0.6) is 5.75 Å². The lowest BCUT2D eigenvalue weighted by Crippen LogP contribution is -2.04. The fraction of sp³-hybridized carbons (Fsp3) is 0.0526. The van der Waals surface area contributed by atoms with E-state index in [0.29, 0.717) is 5.56 Å². The summed E-state index contributed by atoms with van der Waals surface area (Å²) < 4.78 is 39.3. The van der Waals surface area contributed by atoms with E-state index >= 15 is 0 Å². The van der Waals surface area contributed by atoms with Crippen molar-refractivity contribution in [1.29, 1.82) is 0 Å². The SMILES string of the molecule is Cc1cc(-c2ccccc2F)c([O])cc1S(=O)(=O)c1ccccc1. The van der Waals surface area contributed by atoms with Crippen molar-refractivity contribution in [2.75, 3.05) is 0 Å². The Bertz CT molecular complexity index is 996. The standard InChI is InChI=1S/C19H14FO3S/c1-13-11-16(15-9-5-6-10-17(15)20)18(21)12-19(13)24(22,23)14-7-3-2-4-8-14/h2-12H,1H3. The van der Waals surface area contributed by atoms with Gasteiger partial charge in [-0.25, -0.2) is 12.8 Å². The van der Waals surface area contributed by atoms with E-state index in [-0.39, 0.29) is 20.9 Å². The lowest BCUT2D eigenvalue weighted by Gasteiger charge is -2.11. The third kappa shape index (κ3) is 2.78. The maximum Gasteiger partial charge on any atom is 0.206 e. The summed E-state index contributed by atoms with van der Waals surface area (Å²) in [6, 6.07) is 16.3. The fourth-order valence-electron chi connectivity index (χ4n) is 2.58. The summed E-state index contributed by atoms with van der Waals surface area (Å²) in [7, 11) is -3.79. The summed E-state index contributed by atoms with van der Waals surface area (Å²) in [5, 5.41) is 12.4. The number of hydrogen-bond acceptors (Lipinski definition) is 2. The van der Waals surface area contributed by atoms with Crippen molar-refractivity contribution in [3.05, 3.63) is 78.1 Å². The first-order valence-electron chi connectivity index (χ1n) is 7.28. The molecule has 0 fully saturated rings. The minimum atomic E-state index is -3.79. The molecule has 0 bridgehead atoms. The third-order valence-corrected chi connectivity index (χ3v) is 5.70. The van der Waals surface area contributed by atoms with Crippen LogP contribution in [0.1, 0.15) is 5.56 Å². The van der Waals surface area contributed by atoms with Crippen LogP contribution in [0.15, 0.2) is 76.5 Å². The van der Waals surface area contributed by atoms with Gasteiger partial charge in [-0.1, -0.05) is 36.4 Å². The second-order valence-electron chi connectivity index (χ2n) is 5.41. The molecule has 0 N–H and O–H groups in total. The zero-order valence-corrected chi connectivity index (χ0v) is 13.7. The van der Waals surface area contributed by atoms with Gasteiger partial charge in [-0.15, -0.1) is 0 Å². The van der Waals surface area contributed by atoms with Crippen LogP contribution in [0.25, 0.3) is 11.1 Å². The van der Waals surface area contributed by atoms with E-state index in [0.717, 1.165) is 6.07 Å². The van der Waals surface area contributed by atoms with Crippen LogP contribution in [0.4, 0.5) is 4.39 Å². The molecular weight excluding hydrogens is 327 g/mol. The first-order valence-corrected chi connectivity index (χ1v) is 8.76. The van der Waals surface area contributed by atoms with Crippen LogP contribution in [-0.2, 0) is 14.9 Å². The quantitative estimate of drug-likeness (QED) is 0.688. The Morgan fingerprint density at radius 3 is 2.12 bits per heavy atom. The van der Waals surface area contributed by atoms with Gasteiger partial charge >= 0.3 is 0 Å². The Balaban J connectivity index is 2.17. The van der Waals surface area contributed by atoms with Crippen LogP contribution in [0, 0.1) is 12.7 Å². The smallest absolute Gasteiger partial charge is 0.206 e. The van der Waals surface area contributed by atoms with Crippen molar-refractivity contribution >= 4 is 9.84 Å². The average Bonchev–Trinajstić information content (AvgIpc) is 2.58. The van der Waals surface area contributed by atoms with E-state index in [1.54, 1.807) is 31.2 Å². The van der Waals surface area contributed by atoms with E-state index in [4.69, 9.17) is 0 Å². The van der Waals surface area contributed by atoms with E-state index in [1.807, 2.05) is 0 Å². The molecule has 0 aliphatic rings. The predicted octanol–water partition coefficient (Wildman–Crippen LogP) is 4.78. The van der Waals surface area contributed by atoms with Crippen molar-refractivity contribution in [3.8, 4) is 16.9 Å². The first-order chi connectivity index (χ1) is 11.4. The highest BCUT2D eigenvalue weighted by Crippen LogP contribution is 2.36. The number of benzene rings is 3. The van der Waals surface area contributed by atoms with Crippen LogP contribution < -0.4 is 0 Å². The summed E-state index contributed by atoms with van der Waals surface area (Å²) in [4.78, 5) is 0.0601. The molecule has 0 aromatic heterocycles. The van der Waals surface area contributed by atoms with E-state index in [9.17, 15) is 17.9 Å². The van der Waals surface area contributed by atoms with E-state index in [2.05, 4.69) is 0 Å². The molecule has 3 aromatic rings. The molecule has 0 unspecified atom stereocenters.